The van der Waals surface area contributed by atoms with Crippen molar-refractivity contribution in [1.82, 2.24) is 0 Å². The summed E-state index contributed by atoms with van der Waals surface area (Å²) in [5.74, 6) is -1.01. The highest BCUT2D eigenvalue weighted by Gasteiger charge is 2.13. The van der Waals surface area contributed by atoms with Gasteiger partial charge < -0.3 is 19.5 Å². The summed E-state index contributed by atoms with van der Waals surface area (Å²) in [5, 5.41) is 18.9. The van der Waals surface area contributed by atoms with Crippen LogP contribution in [-0.4, -0.2) is 48.8 Å². The topological polar surface area (TPSA) is 60.4 Å². The molecule has 4 nitrogen and oxygen atoms in total. The Morgan fingerprint density at radius 1 is 1.38 bits per heavy atom. The van der Waals surface area contributed by atoms with E-state index in [9.17, 15) is 9.90 Å². The molecule has 0 saturated carbocycles. The highest BCUT2D eigenvalue weighted by Crippen LogP contribution is 2.09. The number of carboxylic acid groups (broad SMARTS) is 1. The highest BCUT2D eigenvalue weighted by atomic mass is 16.4. The molecule has 4 heteroatoms. The Bertz CT molecular complexity index is 205. The van der Waals surface area contributed by atoms with E-state index in [4.69, 9.17) is 5.11 Å². The van der Waals surface area contributed by atoms with E-state index >= 15 is 0 Å². The molecule has 0 aliphatic heterocycles. The van der Waals surface area contributed by atoms with Gasteiger partial charge in [0.2, 0.25) is 0 Å². The maximum absolute atomic E-state index is 9.91. The zero-order valence-electron chi connectivity index (χ0n) is 11.7. The minimum absolute atomic E-state index is 0.181. The van der Waals surface area contributed by atoms with Crippen molar-refractivity contribution in [3.8, 4) is 0 Å². The minimum Gasteiger partial charge on any atom is -0.550 e. The summed E-state index contributed by atoms with van der Waals surface area (Å²) in [4.78, 5) is 9.91. The van der Waals surface area contributed by atoms with Gasteiger partial charge >= 0.3 is 0 Å². The minimum atomic E-state index is -1.01. The molecule has 0 heterocycles. The van der Waals surface area contributed by atoms with Gasteiger partial charge in [0.25, 0.3) is 0 Å². The van der Waals surface area contributed by atoms with Crippen LogP contribution in [0.3, 0.4) is 0 Å². The number of likely N-dealkylation sites (N-methyl/N-ethyl adjacent to an activating group) is 1. The van der Waals surface area contributed by atoms with Crippen LogP contribution < -0.4 is 5.11 Å². The average molecular weight is 233 g/mol. The van der Waals surface area contributed by atoms with Crippen LogP contribution in [0.25, 0.3) is 0 Å². The van der Waals surface area contributed by atoms with Gasteiger partial charge in [-0.25, -0.2) is 0 Å². The molecule has 0 aliphatic rings. The summed E-state index contributed by atoms with van der Waals surface area (Å²) in [6, 6.07) is 0. The molecule has 0 aromatic carbocycles. The van der Waals surface area contributed by atoms with Crippen LogP contribution in [0, 0.1) is 5.41 Å². The largest absolute Gasteiger partial charge is 0.550 e. The highest BCUT2D eigenvalue weighted by molar-refractivity contribution is 5.70. The number of aliphatic carboxylic acids is 1. The molecule has 98 valence electrons. The molecule has 0 spiro atoms. The van der Waals surface area contributed by atoms with Gasteiger partial charge in [0, 0.05) is 11.4 Å². The molecule has 0 saturated heterocycles. The van der Waals surface area contributed by atoms with Crippen LogP contribution in [0.5, 0.6) is 0 Å². The van der Waals surface area contributed by atoms with Gasteiger partial charge in [0.15, 0.2) is 0 Å². The molecule has 0 rings (SSSR count). The fraction of sp³-hybridized carbons (Fsp3) is 0.917. The first-order valence-corrected chi connectivity index (χ1v) is 5.64. The summed E-state index contributed by atoms with van der Waals surface area (Å²) in [5.41, 5.74) is -0.694. The van der Waals surface area contributed by atoms with Crippen LogP contribution >= 0.6 is 0 Å². The van der Waals surface area contributed by atoms with Gasteiger partial charge in [0.05, 0.1) is 20.6 Å². The third-order valence-corrected chi connectivity index (χ3v) is 2.23. The predicted octanol–water partition coefficient (Wildman–Crippen LogP) is 0.246. The zero-order chi connectivity index (χ0) is 13.6. The van der Waals surface area contributed by atoms with Crippen molar-refractivity contribution < 1.29 is 19.5 Å². The Morgan fingerprint density at radius 2 is 1.69 bits per heavy atom. The normalized spacial score (nSPS) is 13.8. The number of carbonyl (C=O) groups is 1. The van der Waals surface area contributed by atoms with Gasteiger partial charge in [-0.15, -0.1) is 0 Å². The van der Waals surface area contributed by atoms with Crippen molar-refractivity contribution in [3.05, 3.63) is 0 Å². The van der Waals surface area contributed by atoms with Crippen molar-refractivity contribution >= 4 is 5.97 Å². The number of rotatable bonds is 3. The van der Waals surface area contributed by atoms with Gasteiger partial charge in [-0.1, -0.05) is 20.8 Å². The number of carbonyl (C=O) groups excluding carboxylic acids is 1. The monoisotopic (exact) mass is 233 g/mol. The lowest BCUT2D eigenvalue weighted by atomic mass is 9.98. The first-order valence-electron chi connectivity index (χ1n) is 5.64. The van der Waals surface area contributed by atoms with E-state index in [0.29, 0.717) is 0 Å². The smallest absolute Gasteiger partial charge is 0.104 e. The first kappa shape index (κ1) is 17.8. The molecule has 0 fully saturated rings. The predicted molar refractivity (Wildman–Crippen MR) is 63.7 cm³/mol. The third kappa shape index (κ3) is 11.5. The maximum atomic E-state index is 9.91. The van der Waals surface area contributed by atoms with Gasteiger partial charge in [-0.2, -0.15) is 0 Å². The second kappa shape index (κ2) is 6.86. The molecule has 0 bridgehead atoms. The van der Waals surface area contributed by atoms with E-state index in [1.165, 1.54) is 0 Å². The number of aliphatic hydroxyl groups excluding tert-OH is 1. The molecule has 1 unspecified atom stereocenters. The Labute approximate surface area is 99.5 Å². The van der Waals surface area contributed by atoms with Crippen LogP contribution in [-0.2, 0) is 4.79 Å². The van der Waals surface area contributed by atoms with Gasteiger partial charge in [-0.3, -0.25) is 0 Å². The number of hydrogen-bond acceptors (Lipinski definition) is 3. The van der Waals surface area contributed by atoms with E-state index in [0.717, 1.165) is 17.6 Å². The first-order chi connectivity index (χ1) is 6.92. The van der Waals surface area contributed by atoms with Crippen molar-refractivity contribution in [3.63, 3.8) is 0 Å². The van der Waals surface area contributed by atoms with E-state index in [-0.39, 0.29) is 6.10 Å². The number of nitrogens with zero attached hydrogens (tertiary/aromatic N) is 1. The molecule has 0 aromatic heterocycles. The summed E-state index contributed by atoms with van der Waals surface area (Å²) in [6.45, 7) is 10.7. The Balaban J connectivity index is 0. The molecule has 0 amide bonds. The second-order valence-electron chi connectivity index (χ2n) is 5.82. The Kier molecular flexibility index (Phi) is 7.62. The fourth-order valence-electron chi connectivity index (χ4n) is 0.844. The van der Waals surface area contributed by atoms with Gasteiger partial charge in [-0.05, 0) is 13.8 Å². The Hall–Kier alpha value is -0.610. The molecule has 0 radical (unpaired) electrons. The SMILES string of the molecule is CC(C)(C)C(=O)[O-].CC[N+](C)(C)CC(C)O. The number of quaternary nitrogens is 1. The molecule has 1 atom stereocenters. The van der Waals surface area contributed by atoms with Crippen LogP contribution in [0.1, 0.15) is 34.6 Å². The number of hydrogen-bond donors (Lipinski definition) is 1. The molecule has 0 aliphatic carbocycles. The van der Waals surface area contributed by atoms with Crippen molar-refractivity contribution in [1.29, 1.82) is 0 Å². The molecular formula is C12H27NO3. The standard InChI is InChI=1S/C7H18NO.C5H10O2/c1-5-8(3,4)6-7(2)9;1-5(2,3)4(6)7/h7,9H,5-6H2,1-4H3;1-3H3,(H,6,7)/q+1;/p-1. The van der Waals surface area contributed by atoms with E-state index in [1.807, 2.05) is 6.92 Å². The quantitative estimate of drug-likeness (QED) is 0.711. The summed E-state index contributed by atoms with van der Waals surface area (Å²) >= 11 is 0. The maximum Gasteiger partial charge on any atom is 0.104 e. The lowest BCUT2D eigenvalue weighted by molar-refractivity contribution is -0.891. The summed E-state index contributed by atoms with van der Waals surface area (Å²) in [7, 11) is 4.24. The van der Waals surface area contributed by atoms with E-state index < -0.39 is 11.4 Å². The number of aliphatic hydroxyl groups is 1. The number of carboxylic acids is 1. The van der Waals surface area contributed by atoms with Crippen molar-refractivity contribution in [2.24, 2.45) is 5.41 Å². The van der Waals surface area contributed by atoms with Crippen molar-refractivity contribution in [2.45, 2.75) is 40.7 Å². The zero-order valence-corrected chi connectivity index (χ0v) is 11.7. The van der Waals surface area contributed by atoms with Gasteiger partial charge in [0.1, 0.15) is 12.6 Å². The molecular weight excluding hydrogens is 206 g/mol. The lowest BCUT2D eigenvalue weighted by Crippen LogP contribution is -2.44. The second-order valence-corrected chi connectivity index (χ2v) is 5.82. The fourth-order valence-corrected chi connectivity index (χ4v) is 0.844. The Morgan fingerprint density at radius 3 is 1.75 bits per heavy atom. The van der Waals surface area contributed by atoms with Crippen LogP contribution in [0.15, 0.2) is 0 Å². The van der Waals surface area contributed by atoms with Crippen LogP contribution in [0.2, 0.25) is 0 Å². The summed E-state index contributed by atoms with van der Waals surface area (Å²) in [6.07, 6.45) is -0.181. The average Bonchev–Trinajstić information content (AvgIpc) is 2.01. The molecule has 16 heavy (non-hydrogen) atoms. The van der Waals surface area contributed by atoms with E-state index in [2.05, 4.69) is 21.0 Å². The van der Waals surface area contributed by atoms with Crippen LogP contribution in [0.4, 0.5) is 0 Å². The van der Waals surface area contributed by atoms with Crippen molar-refractivity contribution in [2.75, 3.05) is 27.2 Å². The summed E-state index contributed by atoms with van der Waals surface area (Å²) < 4.78 is 0.900. The molecule has 1 N–H and O–H groups in total. The van der Waals surface area contributed by atoms with E-state index in [1.54, 1.807) is 20.8 Å². The third-order valence-electron chi connectivity index (χ3n) is 2.23. The lowest BCUT2D eigenvalue weighted by Gasteiger charge is -2.29. The molecule has 0 aromatic rings.